The Kier molecular flexibility index (Phi) is 43.5. The van der Waals surface area contributed by atoms with Gasteiger partial charge >= 0.3 is 11.9 Å². The fraction of sp³-hybridized carbons (Fsp3) is 0.895. The van der Waals surface area contributed by atoms with Crippen LogP contribution in [0.1, 0.15) is 55.4 Å². The van der Waals surface area contributed by atoms with E-state index in [4.69, 9.17) is 14.2 Å². The van der Waals surface area contributed by atoms with Crippen molar-refractivity contribution in [2.24, 2.45) is 5.92 Å². The van der Waals surface area contributed by atoms with Crippen molar-refractivity contribution in [2.45, 2.75) is 55.4 Å². The molecule has 0 bridgehead atoms. The van der Waals surface area contributed by atoms with Crippen LogP contribution < -0.4 is 0 Å². The lowest BCUT2D eigenvalue weighted by atomic mass is 10.2. The van der Waals surface area contributed by atoms with Crippen molar-refractivity contribution >= 4 is 11.9 Å². The van der Waals surface area contributed by atoms with E-state index in [1.54, 1.807) is 28.1 Å². The van der Waals surface area contributed by atoms with E-state index < -0.39 is 0 Å². The predicted octanol–water partition coefficient (Wildman–Crippen LogP) is 3.73. The maximum atomic E-state index is 10.3. The monoisotopic (exact) mass is 384 g/mol. The van der Waals surface area contributed by atoms with E-state index in [2.05, 4.69) is 16.4 Å². The van der Waals surface area contributed by atoms with E-state index in [-0.39, 0.29) is 32.7 Å². The molecule has 0 aromatic carbocycles. The number of carbonyl (C=O) groups is 2. The van der Waals surface area contributed by atoms with Crippen molar-refractivity contribution < 1.29 is 33.3 Å². The topological polar surface area (TPSA) is 80.3 Å². The highest BCUT2D eigenvalue weighted by Gasteiger charge is 2.03. The summed E-state index contributed by atoms with van der Waals surface area (Å²) in [6.45, 7) is 9.89. The molecule has 0 aliphatic carbocycles. The summed E-state index contributed by atoms with van der Waals surface area (Å²) in [6, 6.07) is 0. The number of carbonyl (C=O) groups excluding carboxylic acids is 2. The largest absolute Gasteiger partial charge is 0.469 e. The fourth-order valence-electron chi connectivity index (χ4n) is 1.01. The van der Waals surface area contributed by atoms with E-state index in [9.17, 15) is 9.59 Å². The van der Waals surface area contributed by atoms with Gasteiger partial charge in [0.15, 0.2) is 0 Å². The average molecular weight is 385 g/mol. The Morgan fingerprint density at radius 2 is 1.35 bits per heavy atom. The molecule has 0 amide bonds. The first-order valence-electron chi connectivity index (χ1n) is 8.14. The van der Waals surface area contributed by atoms with Crippen LogP contribution >= 0.6 is 0 Å². The van der Waals surface area contributed by atoms with Crippen LogP contribution in [0, 0.1) is 5.92 Å². The highest BCUT2D eigenvalue weighted by atomic mass is 16.6. The Bertz CT molecular complexity index is 265. The fourth-order valence-corrected chi connectivity index (χ4v) is 1.01. The number of hydrogen-bond donors (Lipinski definition) is 0. The molecule has 26 heavy (non-hydrogen) atoms. The third-order valence-corrected chi connectivity index (χ3v) is 2.34. The highest BCUT2D eigenvalue weighted by Crippen LogP contribution is 1.91. The zero-order valence-corrected chi connectivity index (χ0v) is 16.4. The van der Waals surface area contributed by atoms with Crippen LogP contribution in [-0.2, 0) is 33.3 Å². The zero-order chi connectivity index (χ0) is 19.2. The first-order valence-corrected chi connectivity index (χ1v) is 8.14. The normalized spacial score (nSPS) is 8.62. The molecule has 0 saturated carbocycles. The van der Waals surface area contributed by atoms with E-state index >= 15 is 0 Å². The number of rotatable bonds is 10. The van der Waals surface area contributed by atoms with Crippen LogP contribution in [0.4, 0.5) is 0 Å². The molecule has 7 nitrogen and oxygen atoms in total. The second-order valence-corrected chi connectivity index (χ2v) is 4.97. The molecular formula is C19H44O7. The number of hydrogen-bond acceptors (Lipinski definition) is 7. The molecule has 0 unspecified atom stereocenters. The van der Waals surface area contributed by atoms with E-state index in [1.807, 2.05) is 0 Å². The van der Waals surface area contributed by atoms with Gasteiger partial charge < -0.3 is 23.7 Å². The quantitative estimate of drug-likeness (QED) is 0.419. The Morgan fingerprint density at radius 1 is 0.846 bits per heavy atom. The molecule has 0 radical (unpaired) electrons. The minimum absolute atomic E-state index is 0. The zero-order valence-electron chi connectivity index (χ0n) is 16.4. The van der Waals surface area contributed by atoms with Gasteiger partial charge in [-0.3, -0.25) is 9.59 Å². The van der Waals surface area contributed by atoms with Crippen LogP contribution in [0.5, 0.6) is 0 Å². The SMILES string of the molecule is C.C.CCCCOC.COC(=O)C(C)C.COCCOCCOC(C)=O. The maximum Gasteiger partial charge on any atom is 0.308 e. The van der Waals surface area contributed by atoms with Crippen molar-refractivity contribution in [2.75, 3.05) is 54.4 Å². The van der Waals surface area contributed by atoms with Gasteiger partial charge in [-0.15, -0.1) is 0 Å². The molecule has 0 N–H and O–H groups in total. The second kappa shape index (κ2) is 31.6. The molecular weight excluding hydrogens is 340 g/mol. The standard InChI is InChI=1S/C7H14O4.C5H10O2.C5H12O.2CH4/c1-7(8)11-6-5-10-4-3-9-2;1-4(2)5(6)7-3;1-3-4-5-6-2;;/h3-6H2,1-2H3;4H,1-3H3;3-5H2,1-2H3;2*1H4. The molecule has 0 heterocycles. The lowest BCUT2D eigenvalue weighted by Gasteiger charge is -2.02. The van der Waals surface area contributed by atoms with E-state index in [0.29, 0.717) is 26.4 Å². The molecule has 0 aliphatic heterocycles. The third-order valence-electron chi connectivity index (χ3n) is 2.34. The molecule has 0 spiro atoms. The number of unbranched alkanes of at least 4 members (excludes halogenated alkanes) is 1. The number of methoxy groups -OCH3 is 3. The van der Waals surface area contributed by atoms with Crippen LogP contribution in [0.3, 0.4) is 0 Å². The van der Waals surface area contributed by atoms with Crippen molar-refractivity contribution in [3.8, 4) is 0 Å². The number of esters is 2. The lowest BCUT2D eigenvalue weighted by molar-refractivity contribution is -0.144. The molecule has 0 aliphatic rings. The van der Waals surface area contributed by atoms with E-state index in [1.165, 1.54) is 26.9 Å². The first kappa shape index (κ1) is 35.8. The van der Waals surface area contributed by atoms with Crippen molar-refractivity contribution in [3.05, 3.63) is 0 Å². The van der Waals surface area contributed by atoms with Gasteiger partial charge in [-0.05, 0) is 6.42 Å². The van der Waals surface area contributed by atoms with Crippen LogP contribution in [-0.4, -0.2) is 66.3 Å². The summed E-state index contributed by atoms with van der Waals surface area (Å²) in [5.74, 6) is -0.426. The Labute approximate surface area is 161 Å². The van der Waals surface area contributed by atoms with Crippen LogP contribution in [0.2, 0.25) is 0 Å². The second-order valence-electron chi connectivity index (χ2n) is 4.97. The molecule has 7 heteroatoms. The Hall–Kier alpha value is -1.18. The van der Waals surface area contributed by atoms with Gasteiger partial charge in [0.25, 0.3) is 0 Å². The van der Waals surface area contributed by atoms with Gasteiger partial charge in [-0.1, -0.05) is 42.0 Å². The third kappa shape index (κ3) is 43.4. The Balaban J connectivity index is -0.0000000863. The first-order chi connectivity index (χ1) is 11.4. The summed E-state index contributed by atoms with van der Waals surface area (Å²) >= 11 is 0. The molecule has 0 aromatic heterocycles. The minimum atomic E-state index is -0.277. The molecule has 0 atom stereocenters. The minimum Gasteiger partial charge on any atom is -0.469 e. The summed E-state index contributed by atoms with van der Waals surface area (Å²) in [5, 5.41) is 0. The van der Waals surface area contributed by atoms with Crippen LogP contribution in [0.15, 0.2) is 0 Å². The molecule has 0 rings (SSSR count). The van der Waals surface area contributed by atoms with Crippen LogP contribution in [0.25, 0.3) is 0 Å². The maximum absolute atomic E-state index is 10.3. The summed E-state index contributed by atoms with van der Waals surface area (Å²) in [6.07, 6.45) is 2.42. The molecule has 162 valence electrons. The lowest BCUT2D eigenvalue weighted by Crippen LogP contribution is -2.10. The van der Waals surface area contributed by atoms with Crippen molar-refractivity contribution in [1.29, 1.82) is 0 Å². The summed E-state index contributed by atoms with van der Waals surface area (Å²) in [5.41, 5.74) is 0. The average Bonchev–Trinajstić information content (AvgIpc) is 2.56. The van der Waals surface area contributed by atoms with Gasteiger partial charge in [0, 0.05) is 27.8 Å². The smallest absolute Gasteiger partial charge is 0.308 e. The highest BCUT2D eigenvalue weighted by molar-refractivity contribution is 5.71. The van der Waals surface area contributed by atoms with Crippen molar-refractivity contribution in [1.82, 2.24) is 0 Å². The summed E-state index contributed by atoms with van der Waals surface area (Å²) < 4.78 is 23.5. The van der Waals surface area contributed by atoms with Gasteiger partial charge in [-0.2, -0.15) is 0 Å². The van der Waals surface area contributed by atoms with Gasteiger partial charge in [-0.25, -0.2) is 0 Å². The van der Waals surface area contributed by atoms with Gasteiger partial charge in [0.1, 0.15) is 6.61 Å². The summed E-state index contributed by atoms with van der Waals surface area (Å²) in [4.78, 5) is 20.5. The number of ether oxygens (including phenoxy) is 5. The Morgan fingerprint density at radius 3 is 1.62 bits per heavy atom. The molecule has 0 saturated heterocycles. The predicted molar refractivity (Wildman–Crippen MR) is 106 cm³/mol. The summed E-state index contributed by atoms with van der Waals surface area (Å²) in [7, 11) is 4.73. The van der Waals surface area contributed by atoms with Gasteiger partial charge in [0.2, 0.25) is 0 Å². The molecule has 0 aromatic rings. The van der Waals surface area contributed by atoms with E-state index in [0.717, 1.165) is 6.61 Å². The van der Waals surface area contributed by atoms with Gasteiger partial charge in [0.05, 0.1) is 32.8 Å². The van der Waals surface area contributed by atoms with Crippen molar-refractivity contribution in [3.63, 3.8) is 0 Å². The molecule has 0 fully saturated rings.